The number of aryl methyl sites for hydroxylation is 1. The van der Waals surface area contributed by atoms with Crippen molar-refractivity contribution in [1.82, 2.24) is 0 Å². The minimum atomic E-state index is -0.897. The molecule has 4 nitrogen and oxygen atoms in total. The normalized spacial score (nSPS) is 18.2. The minimum absolute atomic E-state index is 0.313. The first-order valence-corrected chi connectivity index (χ1v) is 5.69. The molecule has 17 heavy (non-hydrogen) atoms. The molecule has 1 fully saturated rings. The van der Waals surface area contributed by atoms with Crippen molar-refractivity contribution in [2.45, 2.75) is 25.6 Å². The van der Waals surface area contributed by atoms with Gasteiger partial charge < -0.3 is 14.6 Å². The number of carboxylic acids is 1. The van der Waals surface area contributed by atoms with Gasteiger partial charge in [-0.1, -0.05) is 12.1 Å². The fourth-order valence-corrected chi connectivity index (χ4v) is 1.89. The molecule has 0 radical (unpaired) electrons. The molecule has 1 N–H and O–H groups in total. The van der Waals surface area contributed by atoms with Crippen LogP contribution in [0.1, 0.15) is 29.3 Å². The Morgan fingerprint density at radius 1 is 1.29 bits per heavy atom. The van der Waals surface area contributed by atoms with Gasteiger partial charge >= 0.3 is 5.97 Å². The van der Waals surface area contributed by atoms with Gasteiger partial charge in [0.2, 0.25) is 0 Å². The van der Waals surface area contributed by atoms with Crippen molar-refractivity contribution in [1.29, 1.82) is 0 Å². The Hall–Kier alpha value is -1.39. The minimum Gasteiger partial charge on any atom is -0.478 e. The van der Waals surface area contributed by atoms with Gasteiger partial charge in [-0.05, 0) is 31.0 Å². The zero-order chi connectivity index (χ0) is 12.3. The third-order valence-corrected chi connectivity index (χ3v) is 2.97. The Morgan fingerprint density at radius 3 is 2.41 bits per heavy atom. The summed E-state index contributed by atoms with van der Waals surface area (Å²) in [5, 5.41) is 8.78. The van der Waals surface area contributed by atoms with E-state index >= 15 is 0 Å². The Kier molecular flexibility index (Phi) is 3.45. The van der Waals surface area contributed by atoms with Crippen LogP contribution >= 0.6 is 0 Å². The molecule has 1 aliphatic rings. The molecular weight excluding hydrogens is 220 g/mol. The van der Waals surface area contributed by atoms with E-state index in [1.54, 1.807) is 12.1 Å². The number of carbonyl (C=O) groups is 1. The van der Waals surface area contributed by atoms with E-state index in [9.17, 15) is 4.79 Å². The Morgan fingerprint density at radius 2 is 1.88 bits per heavy atom. The lowest BCUT2D eigenvalue weighted by Gasteiger charge is -2.21. The largest absolute Gasteiger partial charge is 0.478 e. The number of rotatable bonds is 4. The number of aromatic carboxylic acids is 1. The first kappa shape index (κ1) is 12.1. The second kappa shape index (κ2) is 4.85. The van der Waals surface area contributed by atoms with Crippen molar-refractivity contribution in [3.05, 3.63) is 35.4 Å². The second-order valence-corrected chi connectivity index (χ2v) is 4.33. The van der Waals surface area contributed by atoms with Gasteiger partial charge in [0.25, 0.3) is 0 Å². The SMILES string of the molecule is CC1(CCc2ccc(C(=O)O)cc2)OCCO1. The molecule has 4 heteroatoms. The fraction of sp³-hybridized carbons (Fsp3) is 0.462. The predicted octanol–water partition coefficient (Wildman–Crippen LogP) is 2.08. The first-order valence-electron chi connectivity index (χ1n) is 5.69. The highest BCUT2D eigenvalue weighted by Gasteiger charge is 2.30. The molecule has 1 aliphatic heterocycles. The lowest BCUT2D eigenvalue weighted by atomic mass is 10.0. The monoisotopic (exact) mass is 236 g/mol. The molecule has 1 aromatic carbocycles. The molecule has 0 saturated carbocycles. The van der Waals surface area contributed by atoms with E-state index in [1.165, 1.54) is 0 Å². The molecule has 1 saturated heterocycles. The number of ether oxygens (including phenoxy) is 2. The second-order valence-electron chi connectivity index (χ2n) is 4.33. The summed E-state index contributed by atoms with van der Waals surface area (Å²) in [5.41, 5.74) is 1.41. The summed E-state index contributed by atoms with van der Waals surface area (Å²) in [7, 11) is 0. The Labute approximate surface area is 100 Å². The van der Waals surface area contributed by atoms with Crippen molar-refractivity contribution in [3.8, 4) is 0 Å². The van der Waals surface area contributed by atoms with E-state index in [0.717, 1.165) is 18.4 Å². The summed E-state index contributed by atoms with van der Waals surface area (Å²) in [6.45, 7) is 3.23. The summed E-state index contributed by atoms with van der Waals surface area (Å²) in [4.78, 5) is 10.7. The lowest BCUT2D eigenvalue weighted by Crippen LogP contribution is -2.26. The molecule has 0 unspecified atom stereocenters. The quantitative estimate of drug-likeness (QED) is 0.869. The number of carboxylic acid groups (broad SMARTS) is 1. The average molecular weight is 236 g/mol. The van der Waals surface area contributed by atoms with Crippen molar-refractivity contribution < 1.29 is 19.4 Å². The molecule has 0 atom stereocenters. The summed E-state index contributed by atoms with van der Waals surface area (Å²) < 4.78 is 11.0. The zero-order valence-electron chi connectivity index (χ0n) is 9.81. The summed E-state index contributed by atoms with van der Waals surface area (Å²) in [6.07, 6.45) is 1.59. The maximum absolute atomic E-state index is 10.7. The van der Waals surface area contributed by atoms with Crippen LogP contribution in [-0.2, 0) is 15.9 Å². The van der Waals surface area contributed by atoms with Crippen LogP contribution in [0.4, 0.5) is 0 Å². The first-order chi connectivity index (χ1) is 8.09. The highest BCUT2D eigenvalue weighted by atomic mass is 16.7. The van der Waals surface area contributed by atoms with Gasteiger partial charge in [-0.3, -0.25) is 0 Å². The van der Waals surface area contributed by atoms with E-state index in [2.05, 4.69) is 0 Å². The average Bonchev–Trinajstić information content (AvgIpc) is 2.75. The van der Waals surface area contributed by atoms with E-state index in [0.29, 0.717) is 18.8 Å². The number of hydrogen-bond donors (Lipinski definition) is 1. The van der Waals surface area contributed by atoms with Crippen LogP contribution < -0.4 is 0 Å². The van der Waals surface area contributed by atoms with Crippen molar-refractivity contribution in [3.63, 3.8) is 0 Å². The number of hydrogen-bond acceptors (Lipinski definition) is 3. The maximum Gasteiger partial charge on any atom is 0.335 e. The van der Waals surface area contributed by atoms with Crippen molar-refractivity contribution in [2.75, 3.05) is 13.2 Å². The van der Waals surface area contributed by atoms with Gasteiger partial charge in [-0.2, -0.15) is 0 Å². The molecule has 0 bridgehead atoms. The van der Waals surface area contributed by atoms with Crippen molar-refractivity contribution in [2.24, 2.45) is 0 Å². The van der Waals surface area contributed by atoms with E-state index < -0.39 is 11.8 Å². The molecule has 0 aliphatic carbocycles. The van der Waals surface area contributed by atoms with Crippen molar-refractivity contribution >= 4 is 5.97 Å². The van der Waals surface area contributed by atoms with E-state index in [-0.39, 0.29) is 0 Å². The number of benzene rings is 1. The van der Waals surface area contributed by atoms with Gasteiger partial charge in [-0.15, -0.1) is 0 Å². The molecule has 2 rings (SSSR count). The van der Waals surface area contributed by atoms with Crippen LogP contribution in [0.5, 0.6) is 0 Å². The smallest absolute Gasteiger partial charge is 0.335 e. The summed E-state index contributed by atoms with van der Waals surface area (Å²) in [5.74, 6) is -1.38. The van der Waals surface area contributed by atoms with Gasteiger partial charge in [0.05, 0.1) is 18.8 Å². The van der Waals surface area contributed by atoms with Gasteiger partial charge in [0, 0.05) is 6.42 Å². The summed E-state index contributed by atoms with van der Waals surface area (Å²) >= 11 is 0. The van der Waals surface area contributed by atoms with Crippen LogP contribution in [0.3, 0.4) is 0 Å². The Bertz CT molecular complexity index is 390. The topological polar surface area (TPSA) is 55.8 Å². The van der Waals surface area contributed by atoms with Crippen LogP contribution in [0.2, 0.25) is 0 Å². The van der Waals surface area contributed by atoms with Crippen LogP contribution in [0.15, 0.2) is 24.3 Å². The van der Waals surface area contributed by atoms with Crippen LogP contribution in [0.25, 0.3) is 0 Å². The molecule has 0 spiro atoms. The van der Waals surface area contributed by atoms with Crippen LogP contribution in [-0.4, -0.2) is 30.1 Å². The van der Waals surface area contributed by atoms with E-state index in [4.69, 9.17) is 14.6 Å². The highest BCUT2D eigenvalue weighted by Crippen LogP contribution is 2.24. The molecule has 1 heterocycles. The third kappa shape index (κ3) is 3.05. The third-order valence-electron chi connectivity index (χ3n) is 2.97. The zero-order valence-corrected chi connectivity index (χ0v) is 9.81. The van der Waals surface area contributed by atoms with Gasteiger partial charge in [0.1, 0.15) is 0 Å². The lowest BCUT2D eigenvalue weighted by molar-refractivity contribution is -0.146. The summed E-state index contributed by atoms with van der Waals surface area (Å²) in [6, 6.07) is 6.91. The van der Waals surface area contributed by atoms with Crippen LogP contribution in [0, 0.1) is 0 Å². The molecule has 0 amide bonds. The van der Waals surface area contributed by atoms with Gasteiger partial charge in [0.15, 0.2) is 5.79 Å². The van der Waals surface area contributed by atoms with E-state index in [1.807, 2.05) is 19.1 Å². The standard InChI is InChI=1S/C13H16O4/c1-13(16-8-9-17-13)7-6-10-2-4-11(5-3-10)12(14)15/h2-5H,6-9H2,1H3,(H,14,15). The molecule has 92 valence electrons. The predicted molar refractivity (Wildman–Crippen MR) is 62.0 cm³/mol. The highest BCUT2D eigenvalue weighted by molar-refractivity contribution is 5.87. The van der Waals surface area contributed by atoms with Gasteiger partial charge in [-0.25, -0.2) is 4.79 Å². The fourth-order valence-electron chi connectivity index (χ4n) is 1.89. The molecular formula is C13H16O4. The Balaban J connectivity index is 1.93. The molecule has 1 aromatic rings. The molecule has 0 aromatic heterocycles. The maximum atomic E-state index is 10.7.